The summed E-state index contributed by atoms with van der Waals surface area (Å²) in [6.07, 6.45) is 0.204. The van der Waals surface area contributed by atoms with Crippen molar-refractivity contribution in [2.24, 2.45) is 0 Å². The number of aliphatic hydroxyl groups is 1. The number of carbonyl (C=O) groups excluding carboxylic acids is 1. The molecule has 4 nitrogen and oxygen atoms in total. The van der Waals surface area contributed by atoms with Crippen molar-refractivity contribution in [2.45, 2.75) is 25.5 Å². The lowest BCUT2D eigenvalue weighted by Crippen LogP contribution is -2.45. The molecule has 0 spiro atoms. The molecule has 0 aliphatic carbocycles. The molecule has 0 saturated carbocycles. The smallest absolute Gasteiger partial charge is 0.237 e. The quantitative estimate of drug-likeness (QED) is 0.876. The van der Waals surface area contributed by atoms with Crippen LogP contribution < -0.4 is 5.32 Å². The average molecular weight is 342 g/mol. The van der Waals surface area contributed by atoms with Gasteiger partial charge in [0.1, 0.15) is 5.82 Å². The van der Waals surface area contributed by atoms with Crippen molar-refractivity contribution in [2.75, 3.05) is 19.6 Å². The van der Waals surface area contributed by atoms with Crippen LogP contribution in [0.1, 0.15) is 29.7 Å². The second-order valence-electron chi connectivity index (χ2n) is 6.47. The van der Waals surface area contributed by atoms with Crippen molar-refractivity contribution in [3.63, 3.8) is 0 Å². The lowest BCUT2D eigenvalue weighted by Gasteiger charge is -2.38. The van der Waals surface area contributed by atoms with E-state index < -0.39 is 6.10 Å². The van der Waals surface area contributed by atoms with Crippen LogP contribution in [0.25, 0.3) is 0 Å². The molecule has 5 heteroatoms. The number of fused-ring (bicyclic) bond motifs is 1. The third-order valence-corrected chi connectivity index (χ3v) is 4.49. The monoisotopic (exact) mass is 342 g/mol. The number of hydrogen-bond donors (Lipinski definition) is 2. The predicted molar refractivity (Wildman–Crippen MR) is 94.7 cm³/mol. The first-order valence-corrected chi connectivity index (χ1v) is 8.58. The highest BCUT2D eigenvalue weighted by molar-refractivity contribution is 5.79. The van der Waals surface area contributed by atoms with Crippen LogP contribution in [0.4, 0.5) is 4.39 Å². The van der Waals surface area contributed by atoms with E-state index in [4.69, 9.17) is 0 Å². The molecule has 2 aromatic carbocycles. The molecule has 1 aliphatic rings. The molecular formula is C20H23FN2O2. The van der Waals surface area contributed by atoms with Gasteiger partial charge >= 0.3 is 0 Å². The van der Waals surface area contributed by atoms with Gasteiger partial charge in [-0.3, -0.25) is 4.79 Å². The number of benzene rings is 2. The van der Waals surface area contributed by atoms with Gasteiger partial charge in [-0.15, -0.1) is 0 Å². The molecule has 0 aromatic heterocycles. The van der Waals surface area contributed by atoms with Crippen LogP contribution in [-0.2, 0) is 11.2 Å². The molecule has 1 heterocycles. The van der Waals surface area contributed by atoms with Gasteiger partial charge < -0.3 is 15.3 Å². The van der Waals surface area contributed by atoms with Crippen LogP contribution in [0.15, 0.2) is 48.5 Å². The van der Waals surface area contributed by atoms with Crippen LogP contribution in [0.5, 0.6) is 0 Å². The molecule has 132 valence electrons. The summed E-state index contributed by atoms with van der Waals surface area (Å²) in [5, 5.41) is 12.3. The van der Waals surface area contributed by atoms with Crippen LogP contribution in [0.2, 0.25) is 0 Å². The topological polar surface area (TPSA) is 52.6 Å². The molecule has 0 saturated heterocycles. The Morgan fingerprint density at radius 3 is 2.80 bits per heavy atom. The van der Waals surface area contributed by atoms with Crippen molar-refractivity contribution in [3.05, 3.63) is 71.0 Å². The highest BCUT2D eigenvalue weighted by atomic mass is 19.1. The minimum Gasteiger partial charge on any atom is -0.392 e. The second kappa shape index (κ2) is 7.76. The molecule has 0 radical (unpaired) electrons. The first kappa shape index (κ1) is 17.6. The summed E-state index contributed by atoms with van der Waals surface area (Å²) in [4.78, 5) is 14.5. The summed E-state index contributed by atoms with van der Waals surface area (Å²) in [7, 11) is 0. The maximum atomic E-state index is 13.9. The molecule has 0 bridgehead atoms. The van der Waals surface area contributed by atoms with E-state index in [0.717, 1.165) is 16.7 Å². The van der Waals surface area contributed by atoms with Crippen molar-refractivity contribution in [1.82, 2.24) is 10.2 Å². The Morgan fingerprint density at radius 1 is 1.32 bits per heavy atom. The fourth-order valence-corrected chi connectivity index (χ4v) is 3.34. The summed E-state index contributed by atoms with van der Waals surface area (Å²) >= 11 is 0. The molecule has 3 rings (SSSR count). The van der Waals surface area contributed by atoms with Gasteiger partial charge in [0, 0.05) is 13.1 Å². The normalized spacial score (nSPS) is 17.9. The summed E-state index contributed by atoms with van der Waals surface area (Å²) in [5.74, 6) is -0.342. The molecule has 2 unspecified atom stereocenters. The van der Waals surface area contributed by atoms with Gasteiger partial charge in [0.25, 0.3) is 0 Å². The largest absolute Gasteiger partial charge is 0.392 e. The van der Waals surface area contributed by atoms with Gasteiger partial charge in [-0.25, -0.2) is 4.39 Å². The Bertz CT molecular complexity index is 734. The van der Waals surface area contributed by atoms with Crippen molar-refractivity contribution < 1.29 is 14.3 Å². The van der Waals surface area contributed by atoms with Crippen molar-refractivity contribution in [1.29, 1.82) is 0 Å². The van der Waals surface area contributed by atoms with E-state index in [1.54, 1.807) is 11.8 Å². The fourth-order valence-electron chi connectivity index (χ4n) is 3.34. The van der Waals surface area contributed by atoms with Crippen LogP contribution in [0, 0.1) is 5.82 Å². The maximum Gasteiger partial charge on any atom is 0.237 e. The lowest BCUT2D eigenvalue weighted by molar-refractivity contribution is -0.132. The summed E-state index contributed by atoms with van der Waals surface area (Å²) in [6.45, 7) is 2.78. The van der Waals surface area contributed by atoms with E-state index in [2.05, 4.69) is 5.32 Å². The number of carbonyl (C=O) groups is 1. The van der Waals surface area contributed by atoms with E-state index in [1.807, 2.05) is 36.4 Å². The predicted octanol–water partition coefficient (Wildman–Crippen LogP) is 2.27. The van der Waals surface area contributed by atoms with E-state index in [0.29, 0.717) is 19.5 Å². The number of halogens is 1. The Morgan fingerprint density at radius 2 is 2.08 bits per heavy atom. The van der Waals surface area contributed by atoms with Gasteiger partial charge in [-0.2, -0.15) is 0 Å². The standard InChI is InChI=1S/C20H23FN2O2/c1-14(24)12-22-13-19(25)23-10-9-15-7-8-17(21)11-18(15)20(23)16-5-3-2-4-6-16/h2-8,11,14,20,22,24H,9-10,12-13H2,1H3. The number of nitrogens with one attached hydrogen (secondary N) is 1. The van der Waals surface area contributed by atoms with Gasteiger partial charge in [-0.1, -0.05) is 36.4 Å². The van der Waals surface area contributed by atoms with Gasteiger partial charge in [-0.05, 0) is 42.2 Å². The number of rotatable bonds is 5. The summed E-state index contributed by atoms with van der Waals surface area (Å²) < 4.78 is 13.9. The van der Waals surface area contributed by atoms with Crippen LogP contribution in [0.3, 0.4) is 0 Å². The number of hydrogen-bond acceptors (Lipinski definition) is 3. The van der Waals surface area contributed by atoms with E-state index in [9.17, 15) is 14.3 Å². The van der Waals surface area contributed by atoms with Crippen LogP contribution in [-0.4, -0.2) is 41.7 Å². The molecule has 2 aromatic rings. The molecule has 1 amide bonds. The maximum absolute atomic E-state index is 13.9. The van der Waals surface area contributed by atoms with E-state index in [1.165, 1.54) is 12.1 Å². The number of nitrogens with zero attached hydrogens (tertiary/aromatic N) is 1. The van der Waals surface area contributed by atoms with Crippen LogP contribution >= 0.6 is 0 Å². The Labute approximate surface area is 147 Å². The van der Waals surface area contributed by atoms with Crippen molar-refractivity contribution >= 4 is 5.91 Å². The highest BCUT2D eigenvalue weighted by Crippen LogP contribution is 2.35. The SMILES string of the molecule is CC(O)CNCC(=O)N1CCc2ccc(F)cc2C1c1ccccc1. The number of amides is 1. The summed E-state index contributed by atoms with van der Waals surface area (Å²) in [6, 6.07) is 14.2. The van der Waals surface area contributed by atoms with Gasteiger partial charge in [0.15, 0.2) is 0 Å². The van der Waals surface area contributed by atoms with Gasteiger partial charge in [0.05, 0.1) is 18.7 Å². The zero-order chi connectivity index (χ0) is 17.8. The Hall–Kier alpha value is -2.24. The molecule has 2 N–H and O–H groups in total. The zero-order valence-corrected chi connectivity index (χ0v) is 14.3. The minimum absolute atomic E-state index is 0.0515. The molecule has 25 heavy (non-hydrogen) atoms. The second-order valence-corrected chi connectivity index (χ2v) is 6.47. The highest BCUT2D eigenvalue weighted by Gasteiger charge is 2.31. The molecule has 1 aliphatic heterocycles. The summed E-state index contributed by atoms with van der Waals surface area (Å²) in [5.41, 5.74) is 2.90. The third kappa shape index (κ3) is 4.06. The number of aliphatic hydroxyl groups excluding tert-OH is 1. The molecule has 0 fully saturated rings. The lowest BCUT2D eigenvalue weighted by atomic mass is 9.88. The molecule has 2 atom stereocenters. The average Bonchev–Trinajstić information content (AvgIpc) is 2.61. The van der Waals surface area contributed by atoms with E-state index >= 15 is 0 Å². The van der Waals surface area contributed by atoms with E-state index in [-0.39, 0.29) is 24.3 Å². The van der Waals surface area contributed by atoms with Crippen molar-refractivity contribution in [3.8, 4) is 0 Å². The molecular weight excluding hydrogens is 319 g/mol. The first-order chi connectivity index (χ1) is 12.1. The Balaban J connectivity index is 1.91. The Kier molecular flexibility index (Phi) is 5.46. The minimum atomic E-state index is -0.506. The zero-order valence-electron chi connectivity index (χ0n) is 14.3. The first-order valence-electron chi connectivity index (χ1n) is 8.58. The fraction of sp³-hybridized carbons (Fsp3) is 0.350. The third-order valence-electron chi connectivity index (χ3n) is 4.49. The van der Waals surface area contributed by atoms with Gasteiger partial charge in [0.2, 0.25) is 5.91 Å².